The third kappa shape index (κ3) is 1.41. The zero-order chi connectivity index (χ0) is 8.32. The Morgan fingerprint density at radius 3 is 2.73 bits per heavy atom. The van der Waals surface area contributed by atoms with Crippen LogP contribution in [0.3, 0.4) is 0 Å². The first-order chi connectivity index (χ1) is 5.21. The summed E-state index contributed by atoms with van der Waals surface area (Å²) in [4.78, 5) is 10.6. The van der Waals surface area contributed by atoms with Crippen LogP contribution in [-0.2, 0) is 9.53 Å². The Labute approximate surface area is 64.9 Å². The molecule has 0 unspecified atom stereocenters. The smallest absolute Gasteiger partial charge is 0.328 e. The molecule has 2 N–H and O–H groups in total. The van der Waals surface area contributed by atoms with Crippen molar-refractivity contribution in [2.45, 2.75) is 5.54 Å². The molecule has 11 heavy (non-hydrogen) atoms. The molecular weight excluding hydrogens is 146 g/mol. The Bertz CT molecular complexity index is 175. The number of hydrogen-bond donors (Lipinski definition) is 2. The monoisotopic (exact) mass is 157 g/mol. The van der Waals surface area contributed by atoms with Gasteiger partial charge in [0.15, 0.2) is 5.54 Å². The Kier molecular flexibility index (Phi) is 2.26. The first-order valence-electron chi connectivity index (χ1n) is 3.38. The van der Waals surface area contributed by atoms with Crippen LogP contribution < -0.4 is 5.32 Å². The van der Waals surface area contributed by atoms with Gasteiger partial charge in [-0.1, -0.05) is 6.08 Å². The minimum absolute atomic E-state index is 0.246. The number of aliphatic carboxylic acids is 1. The molecule has 0 bridgehead atoms. The Balaban J connectivity index is 2.46. The maximum atomic E-state index is 10.6. The number of carbonyl (C=O) groups is 1. The lowest BCUT2D eigenvalue weighted by molar-refractivity contribution is -0.165. The van der Waals surface area contributed by atoms with Crippen molar-refractivity contribution in [1.29, 1.82) is 0 Å². The van der Waals surface area contributed by atoms with Crippen molar-refractivity contribution in [1.82, 2.24) is 5.32 Å². The molecule has 0 aliphatic carbocycles. The maximum Gasteiger partial charge on any atom is 0.328 e. The molecule has 0 amide bonds. The number of hydrogen-bond acceptors (Lipinski definition) is 3. The van der Waals surface area contributed by atoms with Gasteiger partial charge in [-0.15, -0.1) is 6.58 Å². The zero-order valence-electron chi connectivity index (χ0n) is 6.17. The van der Waals surface area contributed by atoms with E-state index in [-0.39, 0.29) is 13.2 Å². The summed E-state index contributed by atoms with van der Waals surface area (Å²) in [6, 6.07) is 0. The molecule has 62 valence electrons. The molecule has 0 atom stereocenters. The summed E-state index contributed by atoms with van der Waals surface area (Å²) in [6.45, 7) is 4.47. The summed E-state index contributed by atoms with van der Waals surface area (Å²) in [7, 11) is 0. The maximum absolute atomic E-state index is 10.6. The van der Waals surface area contributed by atoms with E-state index in [9.17, 15) is 4.79 Å². The van der Waals surface area contributed by atoms with Crippen LogP contribution in [0, 0.1) is 0 Å². The quantitative estimate of drug-likeness (QED) is 0.546. The van der Waals surface area contributed by atoms with Crippen LogP contribution in [-0.4, -0.2) is 36.4 Å². The van der Waals surface area contributed by atoms with Gasteiger partial charge >= 0.3 is 5.97 Å². The highest BCUT2D eigenvalue weighted by Crippen LogP contribution is 2.16. The van der Waals surface area contributed by atoms with E-state index >= 15 is 0 Å². The van der Waals surface area contributed by atoms with Gasteiger partial charge in [0.05, 0.1) is 13.2 Å². The lowest BCUT2D eigenvalue weighted by Gasteiger charge is -2.37. The van der Waals surface area contributed by atoms with Crippen molar-refractivity contribution in [2.24, 2.45) is 0 Å². The van der Waals surface area contributed by atoms with Gasteiger partial charge in [0.2, 0.25) is 0 Å². The summed E-state index contributed by atoms with van der Waals surface area (Å²) in [5, 5.41) is 11.6. The van der Waals surface area contributed by atoms with E-state index in [1.165, 1.54) is 0 Å². The number of nitrogens with one attached hydrogen (secondary N) is 1. The van der Waals surface area contributed by atoms with E-state index in [1.807, 2.05) is 0 Å². The molecule has 1 fully saturated rings. The van der Waals surface area contributed by atoms with Crippen molar-refractivity contribution < 1.29 is 14.6 Å². The molecular formula is C7H11NO3. The summed E-state index contributed by atoms with van der Waals surface area (Å²) in [5.74, 6) is -0.856. The molecule has 1 aliphatic rings. The SMILES string of the molecule is C=CCNC1(C(=O)O)COC1. The standard InChI is InChI=1S/C7H11NO3/c1-2-3-8-7(6(9)10)4-11-5-7/h2,8H,1,3-5H2,(H,9,10). The van der Waals surface area contributed by atoms with Crippen LogP contribution in [0.4, 0.5) is 0 Å². The second-order valence-corrected chi connectivity index (χ2v) is 2.55. The van der Waals surface area contributed by atoms with Crippen LogP contribution in [0.1, 0.15) is 0 Å². The van der Waals surface area contributed by atoms with Gasteiger partial charge in [0.25, 0.3) is 0 Å². The minimum Gasteiger partial charge on any atom is -0.480 e. The molecule has 0 spiro atoms. The fourth-order valence-corrected chi connectivity index (χ4v) is 0.875. The largest absolute Gasteiger partial charge is 0.480 e. The van der Waals surface area contributed by atoms with Gasteiger partial charge in [-0.3, -0.25) is 10.1 Å². The van der Waals surface area contributed by atoms with Gasteiger partial charge < -0.3 is 9.84 Å². The van der Waals surface area contributed by atoms with Crippen LogP contribution in [0.5, 0.6) is 0 Å². The zero-order valence-corrected chi connectivity index (χ0v) is 6.17. The Morgan fingerprint density at radius 1 is 1.82 bits per heavy atom. The molecule has 0 aromatic rings. The first kappa shape index (κ1) is 8.23. The van der Waals surface area contributed by atoms with Crippen molar-refractivity contribution >= 4 is 5.97 Å². The predicted octanol–water partition coefficient (Wildman–Crippen LogP) is -0.384. The number of rotatable bonds is 4. The molecule has 1 heterocycles. The van der Waals surface area contributed by atoms with Crippen LogP contribution in [0.2, 0.25) is 0 Å². The number of carboxylic acids is 1. The second-order valence-electron chi connectivity index (χ2n) is 2.55. The van der Waals surface area contributed by atoms with E-state index < -0.39 is 11.5 Å². The lowest BCUT2D eigenvalue weighted by atomic mass is 9.98. The fourth-order valence-electron chi connectivity index (χ4n) is 0.875. The highest BCUT2D eigenvalue weighted by Gasteiger charge is 2.45. The molecule has 4 nitrogen and oxygen atoms in total. The topological polar surface area (TPSA) is 58.6 Å². The van der Waals surface area contributed by atoms with Crippen LogP contribution in [0.25, 0.3) is 0 Å². The summed E-state index contributed by atoms with van der Waals surface area (Å²) in [6.07, 6.45) is 1.63. The van der Waals surface area contributed by atoms with E-state index in [0.717, 1.165) is 0 Å². The molecule has 0 radical (unpaired) electrons. The summed E-state index contributed by atoms with van der Waals surface area (Å²) in [5.41, 5.74) is -0.853. The molecule has 0 aromatic heterocycles. The van der Waals surface area contributed by atoms with E-state index in [2.05, 4.69) is 11.9 Å². The molecule has 1 rings (SSSR count). The van der Waals surface area contributed by atoms with Gasteiger partial charge in [0, 0.05) is 6.54 Å². The molecule has 0 saturated carbocycles. The first-order valence-corrected chi connectivity index (χ1v) is 3.38. The van der Waals surface area contributed by atoms with Gasteiger partial charge in [-0.05, 0) is 0 Å². The molecule has 0 aromatic carbocycles. The van der Waals surface area contributed by atoms with Crippen molar-refractivity contribution in [3.05, 3.63) is 12.7 Å². The van der Waals surface area contributed by atoms with Gasteiger partial charge in [0.1, 0.15) is 0 Å². The summed E-state index contributed by atoms with van der Waals surface area (Å²) >= 11 is 0. The van der Waals surface area contributed by atoms with E-state index in [0.29, 0.717) is 6.54 Å². The molecule has 1 saturated heterocycles. The predicted molar refractivity (Wildman–Crippen MR) is 39.4 cm³/mol. The number of carboxylic acid groups (broad SMARTS) is 1. The average molecular weight is 157 g/mol. The van der Waals surface area contributed by atoms with E-state index in [4.69, 9.17) is 9.84 Å². The Morgan fingerprint density at radius 2 is 2.45 bits per heavy atom. The lowest BCUT2D eigenvalue weighted by Crippen LogP contribution is -2.65. The third-order valence-corrected chi connectivity index (χ3v) is 1.69. The van der Waals surface area contributed by atoms with Crippen molar-refractivity contribution in [3.8, 4) is 0 Å². The third-order valence-electron chi connectivity index (χ3n) is 1.69. The molecule has 4 heteroatoms. The minimum atomic E-state index is -0.856. The highest BCUT2D eigenvalue weighted by molar-refractivity contribution is 5.80. The van der Waals surface area contributed by atoms with Gasteiger partial charge in [-0.25, -0.2) is 0 Å². The van der Waals surface area contributed by atoms with Crippen molar-refractivity contribution in [2.75, 3.05) is 19.8 Å². The Hall–Kier alpha value is -0.870. The van der Waals surface area contributed by atoms with E-state index in [1.54, 1.807) is 6.08 Å². The molecule has 1 aliphatic heterocycles. The van der Waals surface area contributed by atoms with Gasteiger partial charge in [-0.2, -0.15) is 0 Å². The van der Waals surface area contributed by atoms with Crippen molar-refractivity contribution in [3.63, 3.8) is 0 Å². The average Bonchev–Trinajstić information content (AvgIpc) is 1.85. The summed E-state index contributed by atoms with van der Waals surface area (Å²) < 4.78 is 4.82. The van der Waals surface area contributed by atoms with Crippen LogP contribution in [0.15, 0.2) is 12.7 Å². The highest BCUT2D eigenvalue weighted by atomic mass is 16.5. The second kappa shape index (κ2) is 3.02. The number of ether oxygens (including phenoxy) is 1. The fraction of sp³-hybridized carbons (Fsp3) is 0.571. The normalized spacial score (nSPS) is 20.4. The van der Waals surface area contributed by atoms with Crippen LogP contribution >= 0.6 is 0 Å².